The third-order valence-corrected chi connectivity index (χ3v) is 5.75. The van der Waals surface area contributed by atoms with Crippen LogP contribution in [-0.4, -0.2) is 30.4 Å². The molecule has 6 nitrogen and oxygen atoms in total. The van der Waals surface area contributed by atoms with Crippen molar-refractivity contribution in [1.82, 2.24) is 14.5 Å². The number of benzene rings is 3. The Bertz CT molecular complexity index is 1500. The van der Waals surface area contributed by atoms with Crippen molar-refractivity contribution in [3.05, 3.63) is 82.0 Å². The van der Waals surface area contributed by atoms with Crippen molar-refractivity contribution >= 4 is 50.0 Å². The Labute approximate surface area is 191 Å². The van der Waals surface area contributed by atoms with Crippen LogP contribution in [0.25, 0.3) is 27.7 Å². The highest BCUT2D eigenvalue weighted by Crippen LogP contribution is 2.33. The molecular formula is C21H13Cl2F2N3O3S. The number of aromatic nitrogens is 2. The normalized spacial score (nSPS) is 11.7. The van der Waals surface area contributed by atoms with E-state index in [0.717, 1.165) is 18.4 Å². The largest absolute Gasteiger partial charge is 0.268 e. The van der Waals surface area contributed by atoms with Gasteiger partial charge in [0.15, 0.2) is 5.15 Å². The quantitative estimate of drug-likeness (QED) is 0.433. The number of fused-ring (bicyclic) bond motifs is 1. The van der Waals surface area contributed by atoms with Crippen LogP contribution in [0.4, 0.5) is 8.78 Å². The van der Waals surface area contributed by atoms with Gasteiger partial charge in [-0.25, -0.2) is 26.6 Å². The molecule has 1 amide bonds. The summed E-state index contributed by atoms with van der Waals surface area (Å²) >= 11 is 12.5. The van der Waals surface area contributed by atoms with Gasteiger partial charge >= 0.3 is 0 Å². The van der Waals surface area contributed by atoms with Gasteiger partial charge in [0.2, 0.25) is 10.0 Å². The molecule has 0 aliphatic rings. The molecule has 1 N–H and O–H groups in total. The third-order valence-electron chi connectivity index (χ3n) is 4.61. The molecule has 1 heterocycles. The maximum Gasteiger partial charge on any atom is 0.267 e. The van der Waals surface area contributed by atoms with Crippen LogP contribution in [0.2, 0.25) is 10.2 Å². The van der Waals surface area contributed by atoms with Crippen LogP contribution in [0, 0.1) is 11.6 Å². The minimum absolute atomic E-state index is 0.0655. The summed E-state index contributed by atoms with van der Waals surface area (Å²) in [5.74, 6) is -2.56. The number of halogens is 4. The first-order valence-corrected chi connectivity index (χ1v) is 11.6. The molecule has 0 aliphatic carbocycles. The number of nitrogens with one attached hydrogen (secondary N) is 1. The standard InChI is InChI=1S/C21H13Cl2F2N3O3S/c1-32(30,31)27-21(29)13-9-15(22)19(10-17(13)25)28-18-7-6-11(8-14(18)20(23)26-28)12-4-2-3-5-16(12)24/h2-10H,1H3,(H,27,29). The third kappa shape index (κ3) is 4.19. The second-order valence-electron chi connectivity index (χ2n) is 6.90. The molecule has 1 aromatic heterocycles. The van der Waals surface area contributed by atoms with E-state index in [9.17, 15) is 22.0 Å². The molecule has 0 bridgehead atoms. The molecular weight excluding hydrogens is 483 g/mol. The predicted octanol–water partition coefficient (Wildman–Crippen LogP) is 4.97. The van der Waals surface area contributed by atoms with Gasteiger partial charge in [-0.1, -0.05) is 47.5 Å². The SMILES string of the molecule is CS(=O)(=O)NC(=O)c1cc(Cl)c(-n2nc(Cl)c3cc(-c4ccccc4F)ccc32)cc1F. The van der Waals surface area contributed by atoms with E-state index < -0.39 is 33.1 Å². The first kappa shape index (κ1) is 22.2. The summed E-state index contributed by atoms with van der Waals surface area (Å²) in [6.07, 6.45) is 0.770. The van der Waals surface area contributed by atoms with Gasteiger partial charge in [0, 0.05) is 17.0 Å². The number of hydrogen-bond acceptors (Lipinski definition) is 4. The lowest BCUT2D eigenvalue weighted by molar-refractivity contribution is 0.0978. The second kappa shape index (κ2) is 8.16. The molecule has 0 radical (unpaired) electrons. The van der Waals surface area contributed by atoms with Gasteiger partial charge in [0.05, 0.1) is 28.0 Å². The van der Waals surface area contributed by atoms with Gasteiger partial charge in [-0.05, 0) is 29.8 Å². The fraction of sp³-hybridized carbons (Fsp3) is 0.0476. The van der Waals surface area contributed by atoms with Crippen molar-refractivity contribution in [2.45, 2.75) is 0 Å². The Morgan fingerprint density at radius 2 is 1.75 bits per heavy atom. The van der Waals surface area contributed by atoms with E-state index in [1.54, 1.807) is 41.1 Å². The van der Waals surface area contributed by atoms with E-state index in [1.165, 1.54) is 10.7 Å². The van der Waals surface area contributed by atoms with Crippen LogP contribution < -0.4 is 4.72 Å². The smallest absolute Gasteiger partial charge is 0.267 e. The Hall–Kier alpha value is -3.01. The van der Waals surface area contributed by atoms with Crippen LogP contribution in [-0.2, 0) is 10.0 Å². The first-order chi connectivity index (χ1) is 15.0. The minimum atomic E-state index is -3.89. The van der Waals surface area contributed by atoms with Gasteiger partial charge in [-0.2, -0.15) is 5.10 Å². The molecule has 0 unspecified atom stereocenters. The van der Waals surface area contributed by atoms with Gasteiger partial charge in [-0.15, -0.1) is 0 Å². The molecule has 0 aliphatic heterocycles. The molecule has 4 aromatic rings. The lowest BCUT2D eigenvalue weighted by atomic mass is 10.0. The lowest BCUT2D eigenvalue weighted by Gasteiger charge is -2.10. The van der Waals surface area contributed by atoms with E-state index in [1.807, 2.05) is 0 Å². The number of hydrogen-bond donors (Lipinski definition) is 1. The van der Waals surface area contributed by atoms with Crippen LogP contribution in [0.1, 0.15) is 10.4 Å². The number of carbonyl (C=O) groups excluding carboxylic acids is 1. The average molecular weight is 496 g/mol. The fourth-order valence-corrected chi connectivity index (χ4v) is 4.14. The van der Waals surface area contributed by atoms with Crippen molar-refractivity contribution in [3.63, 3.8) is 0 Å². The van der Waals surface area contributed by atoms with Crippen molar-refractivity contribution in [3.8, 4) is 16.8 Å². The van der Waals surface area contributed by atoms with E-state index in [0.29, 0.717) is 22.0 Å². The highest BCUT2D eigenvalue weighted by atomic mass is 35.5. The van der Waals surface area contributed by atoms with Crippen molar-refractivity contribution in [2.75, 3.05) is 6.26 Å². The number of sulfonamides is 1. The Morgan fingerprint density at radius 1 is 1.03 bits per heavy atom. The van der Waals surface area contributed by atoms with E-state index >= 15 is 0 Å². The lowest BCUT2D eigenvalue weighted by Crippen LogP contribution is -2.30. The summed E-state index contributed by atoms with van der Waals surface area (Å²) in [5.41, 5.74) is 0.944. The van der Waals surface area contributed by atoms with Crippen LogP contribution in [0.3, 0.4) is 0 Å². The molecule has 3 aromatic carbocycles. The van der Waals surface area contributed by atoms with Crippen LogP contribution in [0.5, 0.6) is 0 Å². The van der Waals surface area contributed by atoms with Gasteiger partial charge in [0.25, 0.3) is 5.91 Å². The van der Waals surface area contributed by atoms with Gasteiger partial charge < -0.3 is 0 Å². The highest BCUT2D eigenvalue weighted by Gasteiger charge is 2.21. The zero-order valence-electron chi connectivity index (χ0n) is 16.2. The summed E-state index contributed by atoms with van der Waals surface area (Å²) in [6.45, 7) is 0. The second-order valence-corrected chi connectivity index (χ2v) is 9.41. The Morgan fingerprint density at radius 3 is 2.44 bits per heavy atom. The monoisotopic (exact) mass is 495 g/mol. The summed E-state index contributed by atoms with van der Waals surface area (Å²) in [5, 5.41) is 4.68. The number of rotatable bonds is 4. The molecule has 0 saturated heterocycles. The minimum Gasteiger partial charge on any atom is -0.268 e. The zero-order valence-corrected chi connectivity index (χ0v) is 18.6. The predicted molar refractivity (Wildman–Crippen MR) is 119 cm³/mol. The van der Waals surface area contributed by atoms with Crippen molar-refractivity contribution in [1.29, 1.82) is 0 Å². The van der Waals surface area contributed by atoms with E-state index in [2.05, 4.69) is 5.10 Å². The topological polar surface area (TPSA) is 81.1 Å². The molecule has 11 heteroatoms. The Kier molecular flexibility index (Phi) is 5.66. The number of amides is 1. The first-order valence-electron chi connectivity index (χ1n) is 9.00. The van der Waals surface area contributed by atoms with Crippen LogP contribution >= 0.6 is 23.2 Å². The highest BCUT2D eigenvalue weighted by molar-refractivity contribution is 7.89. The molecule has 0 saturated carbocycles. The van der Waals surface area contributed by atoms with E-state index in [4.69, 9.17) is 23.2 Å². The maximum absolute atomic E-state index is 14.6. The fourth-order valence-electron chi connectivity index (χ4n) is 3.22. The van der Waals surface area contributed by atoms with E-state index in [-0.39, 0.29) is 15.9 Å². The Balaban J connectivity index is 1.81. The summed E-state index contributed by atoms with van der Waals surface area (Å²) in [6, 6.07) is 13.2. The number of carbonyl (C=O) groups is 1. The van der Waals surface area contributed by atoms with Gasteiger partial charge in [-0.3, -0.25) is 4.79 Å². The maximum atomic E-state index is 14.6. The molecule has 0 fully saturated rings. The average Bonchev–Trinajstić information content (AvgIpc) is 3.04. The van der Waals surface area contributed by atoms with Crippen LogP contribution in [0.15, 0.2) is 54.6 Å². The summed E-state index contributed by atoms with van der Waals surface area (Å²) < 4.78 is 54.3. The molecule has 32 heavy (non-hydrogen) atoms. The number of nitrogens with zero attached hydrogens (tertiary/aromatic N) is 2. The van der Waals surface area contributed by atoms with Gasteiger partial charge in [0.1, 0.15) is 11.6 Å². The summed E-state index contributed by atoms with van der Waals surface area (Å²) in [7, 11) is -3.89. The molecule has 0 atom stereocenters. The molecule has 4 rings (SSSR count). The molecule has 164 valence electrons. The van der Waals surface area contributed by atoms with Crippen molar-refractivity contribution in [2.24, 2.45) is 0 Å². The summed E-state index contributed by atoms with van der Waals surface area (Å²) in [4.78, 5) is 12.0. The van der Waals surface area contributed by atoms with Crippen molar-refractivity contribution < 1.29 is 22.0 Å². The molecule has 0 spiro atoms. The zero-order chi connectivity index (χ0) is 23.2.